The molecule has 100 valence electrons. The van der Waals surface area contributed by atoms with Crippen LogP contribution in [0.1, 0.15) is 17.2 Å². The molecule has 1 aromatic rings. The van der Waals surface area contributed by atoms with E-state index in [1.165, 1.54) is 0 Å². The Morgan fingerprint density at radius 1 is 1.28 bits per heavy atom. The first-order valence-corrected chi connectivity index (χ1v) is 4.70. The summed E-state index contributed by atoms with van der Waals surface area (Å²) in [6.07, 6.45) is -9.47. The number of carboxylic acid groups (broad SMARTS) is 1. The number of aliphatic carboxylic acids is 1. The maximum atomic E-state index is 12.7. The Labute approximate surface area is 99.3 Å². The second-order valence-electron chi connectivity index (χ2n) is 3.53. The number of rotatable bonds is 3. The van der Waals surface area contributed by atoms with Gasteiger partial charge in [0.15, 0.2) is 6.10 Å². The first-order valence-electron chi connectivity index (χ1n) is 4.70. The standard InChI is InChI=1S/C10H10F3NO4/c11-10(12,13)4-2-1-3-5(14)6(4)7(15)8(16)9(17)18/h1-3,7-8,15-16H,14H2,(H,17,18). The highest BCUT2D eigenvalue weighted by atomic mass is 19.4. The monoisotopic (exact) mass is 265 g/mol. The average Bonchev–Trinajstić information content (AvgIpc) is 2.25. The highest BCUT2D eigenvalue weighted by molar-refractivity contribution is 5.74. The molecule has 0 aliphatic rings. The van der Waals surface area contributed by atoms with Gasteiger partial charge in [-0.1, -0.05) is 6.07 Å². The van der Waals surface area contributed by atoms with E-state index in [-0.39, 0.29) is 0 Å². The molecule has 0 amide bonds. The van der Waals surface area contributed by atoms with Crippen molar-refractivity contribution in [3.8, 4) is 0 Å². The molecule has 0 spiro atoms. The van der Waals surface area contributed by atoms with Crippen LogP contribution in [0.15, 0.2) is 18.2 Å². The van der Waals surface area contributed by atoms with E-state index in [2.05, 4.69) is 0 Å². The van der Waals surface area contributed by atoms with Crippen molar-refractivity contribution < 1.29 is 33.3 Å². The average molecular weight is 265 g/mol. The summed E-state index contributed by atoms with van der Waals surface area (Å²) in [6.45, 7) is 0. The zero-order valence-corrected chi connectivity index (χ0v) is 8.85. The number of carboxylic acids is 1. The minimum atomic E-state index is -4.82. The van der Waals surface area contributed by atoms with Gasteiger partial charge in [-0.05, 0) is 12.1 Å². The molecule has 2 atom stereocenters. The predicted molar refractivity (Wildman–Crippen MR) is 54.5 cm³/mol. The van der Waals surface area contributed by atoms with Crippen LogP contribution in [0.5, 0.6) is 0 Å². The number of nitrogen functional groups attached to an aromatic ring is 1. The van der Waals surface area contributed by atoms with Crippen molar-refractivity contribution in [3.63, 3.8) is 0 Å². The molecule has 0 aromatic heterocycles. The molecule has 1 rings (SSSR count). The lowest BCUT2D eigenvalue weighted by molar-refractivity contribution is -0.155. The molecule has 0 aliphatic carbocycles. The predicted octanol–water partition coefficient (Wildman–Crippen LogP) is 0.767. The summed E-state index contributed by atoms with van der Waals surface area (Å²) in [4.78, 5) is 10.5. The number of halogens is 3. The van der Waals surface area contributed by atoms with Crippen LogP contribution in [0.3, 0.4) is 0 Å². The van der Waals surface area contributed by atoms with Crippen LogP contribution in [0.25, 0.3) is 0 Å². The first kappa shape index (κ1) is 14.3. The van der Waals surface area contributed by atoms with Crippen molar-refractivity contribution in [1.29, 1.82) is 0 Å². The van der Waals surface area contributed by atoms with Crippen molar-refractivity contribution in [2.75, 3.05) is 5.73 Å². The van der Waals surface area contributed by atoms with Crippen LogP contribution in [0, 0.1) is 0 Å². The molecule has 18 heavy (non-hydrogen) atoms. The Kier molecular flexibility index (Phi) is 3.82. The molecule has 5 nitrogen and oxygen atoms in total. The number of aliphatic hydroxyl groups excluding tert-OH is 2. The van der Waals surface area contributed by atoms with Gasteiger partial charge in [-0.15, -0.1) is 0 Å². The van der Waals surface area contributed by atoms with Gasteiger partial charge < -0.3 is 21.1 Å². The summed E-state index contributed by atoms with van der Waals surface area (Å²) in [6, 6.07) is 2.73. The van der Waals surface area contributed by atoms with Crippen LogP contribution in [-0.4, -0.2) is 27.4 Å². The molecule has 2 unspecified atom stereocenters. The van der Waals surface area contributed by atoms with Crippen LogP contribution in [0.2, 0.25) is 0 Å². The third-order valence-corrected chi connectivity index (χ3v) is 2.29. The lowest BCUT2D eigenvalue weighted by Gasteiger charge is -2.21. The van der Waals surface area contributed by atoms with Gasteiger partial charge in [0.1, 0.15) is 6.10 Å². The molecule has 0 bridgehead atoms. The maximum absolute atomic E-state index is 12.7. The Morgan fingerprint density at radius 3 is 2.28 bits per heavy atom. The topological polar surface area (TPSA) is 104 Å². The molecule has 0 heterocycles. The Balaban J connectivity index is 3.35. The van der Waals surface area contributed by atoms with Crippen molar-refractivity contribution >= 4 is 11.7 Å². The third kappa shape index (κ3) is 2.71. The molecule has 0 radical (unpaired) electrons. The molecule has 0 fully saturated rings. The van der Waals surface area contributed by atoms with Crippen molar-refractivity contribution in [1.82, 2.24) is 0 Å². The normalized spacial score (nSPS) is 15.2. The SMILES string of the molecule is Nc1cccc(C(F)(F)F)c1C(O)C(O)C(=O)O. The first-order chi connectivity index (χ1) is 8.16. The molecule has 5 N–H and O–H groups in total. The van der Waals surface area contributed by atoms with E-state index >= 15 is 0 Å². The summed E-state index contributed by atoms with van der Waals surface area (Å²) >= 11 is 0. The minimum absolute atomic E-state index is 0.447. The Hall–Kier alpha value is -1.80. The molecular formula is C10H10F3NO4. The second-order valence-corrected chi connectivity index (χ2v) is 3.53. The summed E-state index contributed by atoms with van der Waals surface area (Å²) in [7, 11) is 0. The van der Waals surface area contributed by atoms with Crippen LogP contribution < -0.4 is 5.73 Å². The number of carbonyl (C=O) groups is 1. The van der Waals surface area contributed by atoms with Crippen molar-refractivity contribution in [2.45, 2.75) is 18.4 Å². The lowest BCUT2D eigenvalue weighted by atomic mass is 9.96. The molecule has 0 saturated heterocycles. The summed E-state index contributed by atoms with van der Waals surface area (Å²) < 4.78 is 38.0. The summed E-state index contributed by atoms with van der Waals surface area (Å²) in [5, 5.41) is 27.0. The fourth-order valence-corrected chi connectivity index (χ4v) is 1.45. The van der Waals surface area contributed by atoms with Crippen molar-refractivity contribution in [3.05, 3.63) is 29.3 Å². The third-order valence-electron chi connectivity index (χ3n) is 2.29. The fraction of sp³-hybridized carbons (Fsp3) is 0.300. The summed E-state index contributed by atoms with van der Waals surface area (Å²) in [5.41, 5.74) is 2.72. The smallest absolute Gasteiger partial charge is 0.416 e. The number of benzene rings is 1. The molecular weight excluding hydrogens is 255 g/mol. The molecule has 0 saturated carbocycles. The van der Waals surface area contributed by atoms with E-state index in [0.29, 0.717) is 6.07 Å². The van der Waals surface area contributed by atoms with E-state index in [1.54, 1.807) is 0 Å². The van der Waals surface area contributed by atoms with Crippen LogP contribution >= 0.6 is 0 Å². The van der Waals surface area contributed by atoms with Crippen LogP contribution in [-0.2, 0) is 11.0 Å². The van der Waals surface area contributed by atoms with E-state index < -0.39 is 41.2 Å². The fourth-order valence-electron chi connectivity index (χ4n) is 1.45. The van der Waals surface area contributed by atoms with Gasteiger partial charge in [-0.25, -0.2) is 4.79 Å². The molecule has 1 aromatic carbocycles. The van der Waals surface area contributed by atoms with Gasteiger partial charge in [0.05, 0.1) is 5.56 Å². The van der Waals surface area contributed by atoms with E-state index in [1.807, 2.05) is 0 Å². The van der Waals surface area contributed by atoms with Gasteiger partial charge in [0.2, 0.25) is 0 Å². The Morgan fingerprint density at radius 2 is 1.83 bits per heavy atom. The van der Waals surface area contributed by atoms with E-state index in [4.69, 9.17) is 15.9 Å². The lowest BCUT2D eigenvalue weighted by Crippen LogP contribution is -2.29. The van der Waals surface area contributed by atoms with Gasteiger partial charge in [-0.2, -0.15) is 13.2 Å². The minimum Gasteiger partial charge on any atom is -0.479 e. The number of aliphatic hydroxyl groups is 2. The highest BCUT2D eigenvalue weighted by Gasteiger charge is 2.38. The largest absolute Gasteiger partial charge is 0.479 e. The van der Waals surface area contributed by atoms with Gasteiger partial charge in [-0.3, -0.25) is 0 Å². The second kappa shape index (κ2) is 4.83. The van der Waals surface area contributed by atoms with Crippen LogP contribution in [0.4, 0.5) is 18.9 Å². The van der Waals surface area contributed by atoms with Gasteiger partial charge in [0.25, 0.3) is 0 Å². The maximum Gasteiger partial charge on any atom is 0.416 e. The van der Waals surface area contributed by atoms with Crippen molar-refractivity contribution in [2.24, 2.45) is 0 Å². The number of anilines is 1. The zero-order valence-electron chi connectivity index (χ0n) is 8.85. The van der Waals surface area contributed by atoms with E-state index in [0.717, 1.165) is 12.1 Å². The molecule has 8 heteroatoms. The molecule has 0 aliphatic heterocycles. The summed E-state index contributed by atoms with van der Waals surface area (Å²) in [5.74, 6) is -1.85. The number of alkyl halides is 3. The Bertz CT molecular complexity index is 461. The number of hydrogen-bond acceptors (Lipinski definition) is 4. The quantitative estimate of drug-likeness (QED) is 0.604. The number of nitrogens with two attached hydrogens (primary N) is 1. The highest BCUT2D eigenvalue weighted by Crippen LogP contribution is 2.38. The van der Waals surface area contributed by atoms with Gasteiger partial charge >= 0.3 is 12.1 Å². The number of hydrogen-bond donors (Lipinski definition) is 4. The van der Waals surface area contributed by atoms with E-state index in [9.17, 15) is 23.1 Å². The van der Waals surface area contributed by atoms with Gasteiger partial charge in [0, 0.05) is 11.3 Å². The zero-order chi connectivity index (χ0) is 14.1.